The van der Waals surface area contributed by atoms with Gasteiger partial charge in [0.15, 0.2) is 11.5 Å². The van der Waals surface area contributed by atoms with E-state index in [9.17, 15) is 4.79 Å². The first-order valence-electron chi connectivity index (χ1n) is 10.4. The van der Waals surface area contributed by atoms with Crippen LogP contribution in [0, 0.1) is 0 Å². The lowest BCUT2D eigenvalue weighted by Crippen LogP contribution is -2.23. The van der Waals surface area contributed by atoms with Crippen LogP contribution in [0.1, 0.15) is 42.2 Å². The molecule has 0 bridgehead atoms. The molecule has 0 radical (unpaired) electrons. The first-order chi connectivity index (χ1) is 15.1. The number of ether oxygens (including phenoxy) is 2. The van der Waals surface area contributed by atoms with Crippen LogP contribution in [0.5, 0.6) is 17.4 Å². The van der Waals surface area contributed by atoms with Crippen LogP contribution < -0.4 is 20.1 Å². The van der Waals surface area contributed by atoms with Crippen molar-refractivity contribution in [1.82, 2.24) is 9.97 Å². The third-order valence-electron chi connectivity index (χ3n) is 4.85. The molecule has 0 aliphatic rings. The first-order valence-corrected chi connectivity index (χ1v) is 10.4. The van der Waals surface area contributed by atoms with E-state index in [4.69, 9.17) is 15.2 Å². The summed E-state index contributed by atoms with van der Waals surface area (Å²) in [6.07, 6.45) is 6.18. The fraction of sp³-hybridized carbons (Fsp3) is 0.292. The number of amides is 1. The number of carbonyl (C=O) groups is 1. The van der Waals surface area contributed by atoms with Gasteiger partial charge in [-0.15, -0.1) is 0 Å². The molecule has 7 nitrogen and oxygen atoms in total. The molecular formula is C24H28N4O3. The van der Waals surface area contributed by atoms with Gasteiger partial charge in [-0.1, -0.05) is 44.0 Å². The standard InChI is InChI=1S/C24H28N4O3/c1-3-4-8-13-28(19-9-6-5-7-10-19)17-18-11-12-21(22(14-18)30-2)31-23-16-26-20(15-27-23)24(25)29/h5-7,9-12,14-16H,3-4,8,13,17H2,1-2H3,(H2,25,29). The largest absolute Gasteiger partial charge is 0.493 e. The maximum absolute atomic E-state index is 11.1. The van der Waals surface area contributed by atoms with E-state index in [2.05, 4.69) is 46.1 Å². The Morgan fingerprint density at radius 2 is 1.84 bits per heavy atom. The summed E-state index contributed by atoms with van der Waals surface area (Å²) >= 11 is 0. The van der Waals surface area contributed by atoms with Crippen LogP contribution in [-0.2, 0) is 6.54 Å². The minimum absolute atomic E-state index is 0.0822. The highest BCUT2D eigenvalue weighted by atomic mass is 16.5. The smallest absolute Gasteiger partial charge is 0.268 e. The highest BCUT2D eigenvalue weighted by Crippen LogP contribution is 2.32. The number of aromatic nitrogens is 2. The Morgan fingerprint density at radius 1 is 1.03 bits per heavy atom. The number of hydrogen-bond donors (Lipinski definition) is 1. The van der Waals surface area contributed by atoms with E-state index in [0.29, 0.717) is 11.5 Å². The van der Waals surface area contributed by atoms with Crippen molar-refractivity contribution in [3.05, 3.63) is 72.2 Å². The topological polar surface area (TPSA) is 90.6 Å². The number of anilines is 1. The number of unbranched alkanes of at least 4 members (excludes halogenated alkanes) is 2. The lowest BCUT2D eigenvalue weighted by molar-refractivity contribution is 0.0995. The van der Waals surface area contributed by atoms with E-state index in [0.717, 1.165) is 25.1 Å². The van der Waals surface area contributed by atoms with Gasteiger partial charge in [-0.2, -0.15) is 0 Å². The van der Waals surface area contributed by atoms with Crippen molar-refractivity contribution in [2.24, 2.45) is 5.73 Å². The van der Waals surface area contributed by atoms with Crippen LogP contribution in [0.15, 0.2) is 60.9 Å². The summed E-state index contributed by atoms with van der Waals surface area (Å²) < 4.78 is 11.3. The summed E-state index contributed by atoms with van der Waals surface area (Å²) in [5.41, 5.74) is 7.58. The molecule has 0 aliphatic heterocycles. The third kappa shape index (κ3) is 6.18. The van der Waals surface area contributed by atoms with Crippen molar-refractivity contribution in [3.63, 3.8) is 0 Å². The number of nitrogens with two attached hydrogens (primary N) is 1. The molecule has 162 valence electrons. The number of nitrogens with zero attached hydrogens (tertiary/aromatic N) is 3. The van der Waals surface area contributed by atoms with Gasteiger partial charge < -0.3 is 20.1 Å². The Kier molecular flexibility index (Phi) is 7.81. The Bertz CT molecular complexity index is 978. The molecule has 2 aromatic carbocycles. The van der Waals surface area contributed by atoms with Crippen LogP contribution in [0.2, 0.25) is 0 Å². The van der Waals surface area contributed by atoms with Crippen molar-refractivity contribution < 1.29 is 14.3 Å². The minimum Gasteiger partial charge on any atom is -0.493 e. The number of methoxy groups -OCH3 is 1. The van der Waals surface area contributed by atoms with Crippen LogP contribution in [0.3, 0.4) is 0 Å². The predicted octanol–water partition coefficient (Wildman–Crippen LogP) is 4.57. The summed E-state index contributed by atoms with van der Waals surface area (Å²) in [5, 5.41) is 0. The fourth-order valence-electron chi connectivity index (χ4n) is 3.21. The summed E-state index contributed by atoms with van der Waals surface area (Å²) in [6.45, 7) is 3.96. The molecule has 1 heterocycles. The number of para-hydroxylation sites is 1. The summed E-state index contributed by atoms with van der Waals surface area (Å²) in [6, 6.07) is 16.3. The molecule has 1 aromatic heterocycles. The monoisotopic (exact) mass is 420 g/mol. The van der Waals surface area contributed by atoms with Gasteiger partial charge >= 0.3 is 0 Å². The molecule has 3 rings (SSSR count). The van der Waals surface area contributed by atoms with Gasteiger partial charge in [0.1, 0.15) is 5.69 Å². The second-order valence-electron chi connectivity index (χ2n) is 7.16. The van der Waals surface area contributed by atoms with Crippen LogP contribution in [-0.4, -0.2) is 29.5 Å². The van der Waals surface area contributed by atoms with Gasteiger partial charge in [0.25, 0.3) is 5.91 Å². The number of rotatable bonds is 11. The lowest BCUT2D eigenvalue weighted by Gasteiger charge is -2.25. The van der Waals surface area contributed by atoms with Crippen LogP contribution in [0.4, 0.5) is 5.69 Å². The van der Waals surface area contributed by atoms with Crippen molar-refractivity contribution in [1.29, 1.82) is 0 Å². The molecule has 0 spiro atoms. The molecule has 3 aromatic rings. The number of benzene rings is 2. The molecule has 1 amide bonds. The molecule has 31 heavy (non-hydrogen) atoms. The average molecular weight is 421 g/mol. The zero-order valence-electron chi connectivity index (χ0n) is 18.0. The molecule has 0 fully saturated rings. The van der Waals surface area contributed by atoms with Gasteiger partial charge in [0.05, 0.1) is 19.5 Å². The van der Waals surface area contributed by atoms with Crippen molar-refractivity contribution in [2.75, 3.05) is 18.6 Å². The van der Waals surface area contributed by atoms with E-state index in [1.54, 1.807) is 7.11 Å². The van der Waals surface area contributed by atoms with E-state index in [1.807, 2.05) is 24.3 Å². The maximum Gasteiger partial charge on any atom is 0.268 e. The van der Waals surface area contributed by atoms with Gasteiger partial charge in [0, 0.05) is 18.8 Å². The van der Waals surface area contributed by atoms with E-state index >= 15 is 0 Å². The lowest BCUT2D eigenvalue weighted by atomic mass is 10.1. The molecule has 0 saturated carbocycles. The zero-order valence-corrected chi connectivity index (χ0v) is 18.0. The van der Waals surface area contributed by atoms with Crippen LogP contribution >= 0.6 is 0 Å². The summed E-state index contributed by atoms with van der Waals surface area (Å²) in [5.74, 6) is 0.730. The zero-order chi connectivity index (χ0) is 22.1. The predicted molar refractivity (Wildman–Crippen MR) is 121 cm³/mol. The van der Waals surface area contributed by atoms with Gasteiger partial charge in [-0.3, -0.25) is 4.79 Å². The van der Waals surface area contributed by atoms with Crippen molar-refractivity contribution >= 4 is 11.6 Å². The highest BCUT2D eigenvalue weighted by Gasteiger charge is 2.12. The minimum atomic E-state index is -0.636. The second kappa shape index (κ2) is 11.0. The molecular weight excluding hydrogens is 392 g/mol. The molecule has 0 saturated heterocycles. The van der Waals surface area contributed by atoms with Gasteiger partial charge in [0.2, 0.25) is 5.88 Å². The Morgan fingerprint density at radius 3 is 2.48 bits per heavy atom. The maximum atomic E-state index is 11.1. The van der Waals surface area contributed by atoms with Crippen molar-refractivity contribution in [2.45, 2.75) is 32.7 Å². The number of carbonyl (C=O) groups excluding carboxylic acids is 1. The summed E-state index contributed by atoms with van der Waals surface area (Å²) in [7, 11) is 1.60. The van der Waals surface area contributed by atoms with Crippen molar-refractivity contribution in [3.8, 4) is 17.4 Å². The van der Waals surface area contributed by atoms with E-state index < -0.39 is 5.91 Å². The van der Waals surface area contributed by atoms with Crippen LogP contribution in [0.25, 0.3) is 0 Å². The Labute approximate surface area is 182 Å². The molecule has 0 aliphatic carbocycles. The van der Waals surface area contributed by atoms with E-state index in [-0.39, 0.29) is 11.6 Å². The third-order valence-corrected chi connectivity index (χ3v) is 4.85. The average Bonchev–Trinajstić information content (AvgIpc) is 2.80. The number of hydrogen-bond acceptors (Lipinski definition) is 6. The van der Waals surface area contributed by atoms with Gasteiger partial charge in [-0.25, -0.2) is 9.97 Å². The molecule has 2 N–H and O–H groups in total. The van der Waals surface area contributed by atoms with E-state index in [1.165, 1.54) is 30.9 Å². The Balaban J connectivity index is 1.76. The SMILES string of the molecule is CCCCCN(Cc1ccc(Oc2cnc(C(N)=O)cn2)c(OC)c1)c1ccccc1. The molecule has 0 unspecified atom stereocenters. The quantitative estimate of drug-likeness (QED) is 0.457. The normalized spacial score (nSPS) is 10.5. The molecule has 0 atom stereocenters. The fourth-order valence-corrected chi connectivity index (χ4v) is 3.21. The second-order valence-corrected chi connectivity index (χ2v) is 7.16. The summed E-state index contributed by atoms with van der Waals surface area (Å²) in [4.78, 5) is 21.5. The molecule has 7 heteroatoms. The highest BCUT2D eigenvalue weighted by molar-refractivity contribution is 5.90. The van der Waals surface area contributed by atoms with Gasteiger partial charge in [-0.05, 0) is 36.2 Å². The Hall–Kier alpha value is -3.61. The number of primary amides is 1. The first kappa shape index (κ1) is 22.1.